The highest BCUT2D eigenvalue weighted by Gasteiger charge is 2.44. The first-order valence-electron chi connectivity index (χ1n) is 8.20. The van der Waals surface area contributed by atoms with Gasteiger partial charge in [0.2, 0.25) is 11.8 Å². The van der Waals surface area contributed by atoms with E-state index in [1.165, 1.54) is 14.1 Å². The van der Waals surface area contributed by atoms with Crippen LogP contribution < -0.4 is 10.9 Å². The second-order valence-corrected chi connectivity index (χ2v) is 6.03. The smallest absolute Gasteiger partial charge is 0.304 e. The van der Waals surface area contributed by atoms with Gasteiger partial charge in [0, 0.05) is 25.2 Å². The van der Waals surface area contributed by atoms with E-state index in [4.69, 9.17) is 0 Å². The molecular weight excluding hydrogens is 332 g/mol. The van der Waals surface area contributed by atoms with Crippen LogP contribution in [0.15, 0.2) is 54.2 Å². The van der Waals surface area contributed by atoms with E-state index in [1.807, 2.05) is 42.5 Å². The predicted molar refractivity (Wildman–Crippen MR) is 98.9 cm³/mol. The number of nitrogens with one attached hydrogen (secondary N) is 2. The molecule has 1 aliphatic heterocycles. The predicted octanol–water partition coefficient (Wildman–Crippen LogP) is 2.33. The van der Waals surface area contributed by atoms with Crippen molar-refractivity contribution in [2.45, 2.75) is 6.92 Å². The van der Waals surface area contributed by atoms with Gasteiger partial charge >= 0.3 is 6.03 Å². The number of benzene rings is 2. The van der Waals surface area contributed by atoms with Crippen molar-refractivity contribution in [2.24, 2.45) is 5.92 Å². The minimum Gasteiger partial charge on any atom is -0.304 e. The Morgan fingerprint density at radius 3 is 2.23 bits per heavy atom. The van der Waals surface area contributed by atoms with Crippen LogP contribution >= 0.6 is 0 Å². The molecule has 0 aromatic heterocycles. The van der Waals surface area contributed by atoms with E-state index < -0.39 is 23.8 Å². The fourth-order valence-electron chi connectivity index (χ4n) is 2.96. The van der Waals surface area contributed by atoms with Crippen molar-refractivity contribution in [3.05, 3.63) is 54.2 Å². The van der Waals surface area contributed by atoms with Gasteiger partial charge in [0.05, 0.1) is 5.69 Å². The number of rotatable bonds is 4. The van der Waals surface area contributed by atoms with Gasteiger partial charge in [-0.15, -0.1) is 0 Å². The fraction of sp³-hybridized carbons (Fsp3) is 0.211. The average molecular weight is 352 g/mol. The highest BCUT2D eigenvalue weighted by molar-refractivity contribution is 6.17. The Labute approximate surface area is 151 Å². The highest BCUT2D eigenvalue weighted by Crippen LogP contribution is 2.24. The van der Waals surface area contributed by atoms with Crippen molar-refractivity contribution in [1.29, 1.82) is 0 Å². The minimum atomic E-state index is -1.09. The van der Waals surface area contributed by atoms with Gasteiger partial charge in [-0.1, -0.05) is 42.5 Å². The lowest BCUT2D eigenvalue weighted by molar-refractivity contribution is -0.145. The number of anilines is 1. The summed E-state index contributed by atoms with van der Waals surface area (Å²) in [5, 5.41) is 2.07. The zero-order valence-corrected chi connectivity index (χ0v) is 14.8. The SMILES string of the molecule is C/C=C(/NNc1cccc2ccccc12)C1C(=O)N(C)C(=O)N(C)C1=O. The third-order valence-corrected chi connectivity index (χ3v) is 4.48. The van der Waals surface area contributed by atoms with Gasteiger partial charge in [-0.25, -0.2) is 4.79 Å². The molecule has 2 aromatic carbocycles. The molecule has 0 atom stereocenters. The lowest BCUT2D eigenvalue weighted by Gasteiger charge is -2.34. The van der Waals surface area contributed by atoms with E-state index >= 15 is 0 Å². The average Bonchev–Trinajstić information content (AvgIpc) is 2.67. The van der Waals surface area contributed by atoms with E-state index in [-0.39, 0.29) is 0 Å². The molecule has 1 fully saturated rings. The van der Waals surface area contributed by atoms with Crippen LogP contribution in [0.2, 0.25) is 0 Å². The van der Waals surface area contributed by atoms with Gasteiger partial charge in [-0.2, -0.15) is 0 Å². The largest absolute Gasteiger partial charge is 0.332 e. The molecule has 2 aromatic rings. The van der Waals surface area contributed by atoms with Crippen LogP contribution in [0.3, 0.4) is 0 Å². The number of amides is 4. The zero-order chi connectivity index (χ0) is 18.8. The molecule has 0 unspecified atom stereocenters. The van der Waals surface area contributed by atoms with Gasteiger partial charge in [0.1, 0.15) is 0 Å². The summed E-state index contributed by atoms with van der Waals surface area (Å²) < 4.78 is 0. The van der Waals surface area contributed by atoms with Crippen LogP contribution in [-0.4, -0.2) is 41.7 Å². The van der Waals surface area contributed by atoms with Gasteiger partial charge in [0.25, 0.3) is 0 Å². The molecule has 1 aliphatic rings. The Morgan fingerprint density at radius 2 is 1.58 bits per heavy atom. The first kappa shape index (κ1) is 17.5. The van der Waals surface area contributed by atoms with Gasteiger partial charge in [0.15, 0.2) is 5.92 Å². The van der Waals surface area contributed by atoms with Crippen LogP contribution in [0, 0.1) is 5.92 Å². The van der Waals surface area contributed by atoms with Crippen molar-refractivity contribution in [1.82, 2.24) is 15.2 Å². The Kier molecular flexibility index (Phi) is 4.62. The van der Waals surface area contributed by atoms with Crippen LogP contribution in [0.5, 0.6) is 0 Å². The Bertz CT molecular complexity index is 893. The molecular formula is C19H20N4O3. The molecule has 0 saturated carbocycles. The molecule has 26 heavy (non-hydrogen) atoms. The number of hydrogen-bond donors (Lipinski definition) is 2. The van der Waals surface area contributed by atoms with Crippen molar-refractivity contribution < 1.29 is 14.4 Å². The van der Waals surface area contributed by atoms with Crippen LogP contribution in [0.4, 0.5) is 10.5 Å². The molecule has 2 N–H and O–H groups in total. The van der Waals surface area contributed by atoms with Crippen LogP contribution in [0.25, 0.3) is 10.8 Å². The topological polar surface area (TPSA) is 81.8 Å². The number of fused-ring (bicyclic) bond motifs is 1. The summed E-state index contributed by atoms with van der Waals surface area (Å²) >= 11 is 0. The maximum atomic E-state index is 12.5. The molecule has 4 amide bonds. The van der Waals surface area contributed by atoms with Gasteiger partial charge < -0.3 is 10.9 Å². The molecule has 1 saturated heterocycles. The standard InChI is InChI=1S/C19H20N4O3/c1-4-14(16-17(24)22(2)19(26)23(3)18(16)25)20-21-15-11-7-9-12-8-5-6-10-13(12)15/h4-11,16,20-21H,1-3H3/b14-4+. The summed E-state index contributed by atoms with van der Waals surface area (Å²) in [5.41, 5.74) is 7.25. The Morgan fingerprint density at radius 1 is 0.962 bits per heavy atom. The molecule has 0 aliphatic carbocycles. The number of imide groups is 2. The van der Waals surface area contributed by atoms with Crippen molar-refractivity contribution in [3.63, 3.8) is 0 Å². The maximum Gasteiger partial charge on any atom is 0.332 e. The lowest BCUT2D eigenvalue weighted by Crippen LogP contribution is -2.58. The number of allylic oxidation sites excluding steroid dienone is 1. The summed E-state index contributed by atoms with van der Waals surface area (Å²) in [5.74, 6) is -2.20. The summed E-state index contributed by atoms with van der Waals surface area (Å²) in [6, 6.07) is 13.1. The molecule has 134 valence electrons. The number of nitrogens with zero attached hydrogens (tertiary/aromatic N) is 2. The molecule has 0 radical (unpaired) electrons. The molecule has 1 heterocycles. The Balaban J connectivity index is 1.85. The van der Waals surface area contributed by atoms with Gasteiger partial charge in [-0.05, 0) is 18.4 Å². The second-order valence-electron chi connectivity index (χ2n) is 6.03. The summed E-state index contributed by atoms with van der Waals surface area (Å²) in [4.78, 5) is 38.7. The number of hydrazine groups is 1. The van der Waals surface area contributed by atoms with Crippen molar-refractivity contribution >= 4 is 34.3 Å². The number of urea groups is 1. The molecule has 0 spiro atoms. The molecule has 3 rings (SSSR count). The van der Waals surface area contributed by atoms with Crippen molar-refractivity contribution in [2.75, 3.05) is 19.5 Å². The first-order chi connectivity index (χ1) is 12.5. The molecule has 7 heteroatoms. The number of carbonyl (C=O) groups is 3. The Hall–Kier alpha value is -3.35. The van der Waals surface area contributed by atoms with Crippen LogP contribution in [-0.2, 0) is 9.59 Å². The monoisotopic (exact) mass is 352 g/mol. The quantitative estimate of drug-likeness (QED) is 0.652. The summed E-state index contributed by atoms with van der Waals surface area (Å²) in [6.07, 6.45) is 1.65. The maximum absolute atomic E-state index is 12.5. The van der Waals surface area contributed by atoms with Crippen LogP contribution in [0.1, 0.15) is 6.92 Å². The van der Waals surface area contributed by atoms with E-state index in [0.29, 0.717) is 5.70 Å². The third-order valence-electron chi connectivity index (χ3n) is 4.48. The number of barbiturate groups is 1. The fourth-order valence-corrected chi connectivity index (χ4v) is 2.96. The first-order valence-corrected chi connectivity index (χ1v) is 8.20. The molecule has 0 bridgehead atoms. The summed E-state index contributed by atoms with van der Waals surface area (Å²) in [6.45, 7) is 1.73. The highest BCUT2D eigenvalue weighted by atomic mass is 16.2. The minimum absolute atomic E-state index is 0.388. The molecule has 7 nitrogen and oxygen atoms in total. The van der Waals surface area contributed by atoms with Crippen molar-refractivity contribution in [3.8, 4) is 0 Å². The van der Waals surface area contributed by atoms with E-state index in [1.54, 1.807) is 13.0 Å². The van der Waals surface area contributed by atoms with E-state index in [0.717, 1.165) is 26.3 Å². The number of hydrogen-bond acceptors (Lipinski definition) is 5. The van der Waals surface area contributed by atoms with Gasteiger partial charge in [-0.3, -0.25) is 19.4 Å². The second kappa shape index (κ2) is 6.87. The number of carbonyl (C=O) groups excluding carboxylic acids is 3. The third kappa shape index (κ3) is 2.88. The lowest BCUT2D eigenvalue weighted by atomic mass is 10.00. The summed E-state index contributed by atoms with van der Waals surface area (Å²) in [7, 11) is 2.73. The zero-order valence-electron chi connectivity index (χ0n) is 14.8. The van der Waals surface area contributed by atoms with E-state index in [9.17, 15) is 14.4 Å². The van der Waals surface area contributed by atoms with E-state index in [2.05, 4.69) is 10.9 Å². The normalized spacial score (nSPS) is 16.4.